The maximum Gasteiger partial charge on any atom is 0.129 e. The Balaban J connectivity index is 2.27. The summed E-state index contributed by atoms with van der Waals surface area (Å²) in [5.74, 6) is 1.43. The number of hydrogen-bond acceptors (Lipinski definition) is 3. The summed E-state index contributed by atoms with van der Waals surface area (Å²) in [6.07, 6.45) is 3.99. The minimum Gasteiger partial charge on any atom is -0.352 e. The van der Waals surface area contributed by atoms with Crippen LogP contribution in [0.25, 0.3) is 0 Å². The molecule has 1 saturated heterocycles. The molecule has 2 heterocycles. The predicted molar refractivity (Wildman–Crippen MR) is 82.3 cm³/mol. The van der Waals surface area contributed by atoms with Gasteiger partial charge in [-0.05, 0) is 38.1 Å². The Labute approximate surface area is 125 Å². The molecule has 2 rings (SSSR count). The second kappa shape index (κ2) is 6.78. The normalized spacial score (nSPS) is 21.5. The third-order valence-electron chi connectivity index (χ3n) is 3.73. The van der Waals surface area contributed by atoms with Crippen molar-refractivity contribution in [2.75, 3.05) is 31.6 Å². The largest absolute Gasteiger partial charge is 0.352 e. The molecule has 0 aliphatic carbocycles. The van der Waals surface area contributed by atoms with Crippen molar-refractivity contribution in [3.63, 3.8) is 0 Å². The third-order valence-corrected chi connectivity index (χ3v) is 4.36. The van der Waals surface area contributed by atoms with Crippen LogP contribution in [0.15, 0.2) is 12.3 Å². The van der Waals surface area contributed by atoms with Crippen molar-refractivity contribution in [2.45, 2.75) is 31.7 Å². The molecule has 1 aliphatic rings. The maximum atomic E-state index is 6.09. The molecule has 5 heteroatoms. The van der Waals surface area contributed by atoms with Crippen LogP contribution in [0, 0.1) is 0 Å². The van der Waals surface area contributed by atoms with Crippen LogP contribution < -0.4 is 4.90 Å². The maximum absolute atomic E-state index is 6.09. The van der Waals surface area contributed by atoms with E-state index in [0.29, 0.717) is 16.9 Å². The van der Waals surface area contributed by atoms with E-state index in [0.717, 1.165) is 43.9 Å². The van der Waals surface area contributed by atoms with Crippen molar-refractivity contribution in [1.29, 1.82) is 0 Å². The summed E-state index contributed by atoms with van der Waals surface area (Å²) in [6, 6.07) is 2.54. The molecular weight excluding hydrogens is 281 g/mol. The average Bonchev–Trinajstić information content (AvgIpc) is 2.60. The highest BCUT2D eigenvalue weighted by Gasteiger charge is 2.23. The predicted octanol–water partition coefficient (Wildman–Crippen LogP) is 3.39. The van der Waals surface area contributed by atoms with Crippen molar-refractivity contribution < 1.29 is 0 Å². The minimum atomic E-state index is 0.429. The second-order valence-corrected chi connectivity index (χ2v) is 5.81. The first kappa shape index (κ1) is 14.9. The monoisotopic (exact) mass is 301 g/mol. The molecule has 1 aromatic rings. The fourth-order valence-electron chi connectivity index (χ4n) is 2.62. The van der Waals surface area contributed by atoms with Crippen LogP contribution in [0.2, 0.25) is 5.02 Å². The van der Waals surface area contributed by atoms with Gasteiger partial charge in [-0.1, -0.05) is 18.5 Å². The van der Waals surface area contributed by atoms with Gasteiger partial charge in [0.25, 0.3) is 0 Å². The van der Waals surface area contributed by atoms with Crippen molar-refractivity contribution in [3.8, 4) is 0 Å². The molecule has 0 saturated carbocycles. The topological polar surface area (TPSA) is 19.4 Å². The highest BCUT2D eigenvalue weighted by molar-refractivity contribution is 6.32. The van der Waals surface area contributed by atoms with Gasteiger partial charge < -0.3 is 9.80 Å². The van der Waals surface area contributed by atoms with Crippen molar-refractivity contribution in [3.05, 3.63) is 22.8 Å². The van der Waals surface area contributed by atoms with Crippen LogP contribution in [0.3, 0.4) is 0 Å². The van der Waals surface area contributed by atoms with Gasteiger partial charge in [0.15, 0.2) is 0 Å². The third kappa shape index (κ3) is 3.53. The highest BCUT2D eigenvalue weighted by Crippen LogP contribution is 2.25. The lowest BCUT2D eigenvalue weighted by molar-refractivity contribution is 0.327. The zero-order chi connectivity index (χ0) is 13.8. The number of likely N-dealkylation sites (N-methyl/N-ethyl adjacent to an activating group) is 1. The van der Waals surface area contributed by atoms with Crippen LogP contribution in [0.5, 0.6) is 0 Å². The fraction of sp³-hybridized carbons (Fsp3) is 0.643. The Morgan fingerprint density at radius 2 is 2.21 bits per heavy atom. The molecule has 0 aromatic carbocycles. The first-order chi connectivity index (χ1) is 9.15. The molecule has 0 amide bonds. The van der Waals surface area contributed by atoms with E-state index < -0.39 is 0 Å². The molecule has 1 aliphatic heterocycles. The van der Waals surface area contributed by atoms with Crippen LogP contribution in [-0.4, -0.2) is 42.6 Å². The van der Waals surface area contributed by atoms with E-state index in [1.54, 1.807) is 6.20 Å². The van der Waals surface area contributed by atoms with Gasteiger partial charge >= 0.3 is 0 Å². The molecule has 1 aromatic heterocycles. The number of rotatable bonds is 3. The summed E-state index contributed by atoms with van der Waals surface area (Å²) in [4.78, 5) is 9.29. The van der Waals surface area contributed by atoms with Gasteiger partial charge in [0.05, 0.1) is 5.02 Å². The number of hydrogen-bond donors (Lipinski definition) is 0. The quantitative estimate of drug-likeness (QED) is 0.798. The van der Waals surface area contributed by atoms with E-state index in [1.165, 1.54) is 0 Å². The van der Waals surface area contributed by atoms with Crippen LogP contribution in [-0.2, 0) is 5.88 Å². The first-order valence-electron chi connectivity index (χ1n) is 6.81. The van der Waals surface area contributed by atoms with E-state index in [1.807, 2.05) is 6.07 Å². The lowest BCUT2D eigenvalue weighted by Crippen LogP contribution is -2.40. The van der Waals surface area contributed by atoms with Crippen molar-refractivity contribution in [1.82, 2.24) is 9.88 Å². The Hall–Kier alpha value is -0.510. The highest BCUT2D eigenvalue weighted by atomic mass is 35.5. The van der Waals surface area contributed by atoms with E-state index in [-0.39, 0.29) is 0 Å². The zero-order valence-corrected chi connectivity index (χ0v) is 13.1. The summed E-state index contributed by atoms with van der Waals surface area (Å²) in [7, 11) is 2.19. The molecule has 3 nitrogen and oxygen atoms in total. The van der Waals surface area contributed by atoms with Gasteiger partial charge in [0.1, 0.15) is 5.82 Å². The number of alkyl halides is 1. The Bertz CT molecular complexity index is 425. The summed E-state index contributed by atoms with van der Waals surface area (Å²) in [5.41, 5.74) is 0.959. The van der Waals surface area contributed by atoms with Gasteiger partial charge in [-0.15, -0.1) is 11.6 Å². The molecule has 0 bridgehead atoms. The SMILES string of the molecule is CCC1CN(C)CCCN1c1cc(CCl)c(Cl)cn1. The number of anilines is 1. The van der Waals surface area contributed by atoms with Gasteiger partial charge in [0, 0.05) is 31.2 Å². The molecule has 0 N–H and O–H groups in total. The zero-order valence-electron chi connectivity index (χ0n) is 11.6. The van der Waals surface area contributed by atoms with Gasteiger partial charge in [-0.2, -0.15) is 0 Å². The first-order valence-corrected chi connectivity index (χ1v) is 7.72. The van der Waals surface area contributed by atoms with Crippen molar-refractivity contribution >= 4 is 29.0 Å². The van der Waals surface area contributed by atoms with Gasteiger partial charge in [-0.3, -0.25) is 0 Å². The van der Waals surface area contributed by atoms with Crippen molar-refractivity contribution in [2.24, 2.45) is 0 Å². The molecule has 1 unspecified atom stereocenters. The lowest BCUT2D eigenvalue weighted by Gasteiger charge is -2.31. The standard InChI is InChI=1S/C14H21Cl2N3/c1-3-12-10-18(2)5-4-6-19(12)14-7-11(8-15)13(16)9-17-14/h7,9,12H,3-6,8,10H2,1-2H3. The molecular formula is C14H21Cl2N3. The van der Waals surface area contributed by atoms with Gasteiger partial charge in [-0.25, -0.2) is 4.98 Å². The van der Waals surface area contributed by atoms with E-state index in [2.05, 4.69) is 28.8 Å². The number of aromatic nitrogens is 1. The molecule has 0 spiro atoms. The lowest BCUT2D eigenvalue weighted by atomic mass is 10.1. The fourth-order valence-corrected chi connectivity index (χ4v) is 3.08. The summed E-state index contributed by atoms with van der Waals surface area (Å²) >= 11 is 12.0. The number of halogens is 2. The second-order valence-electron chi connectivity index (χ2n) is 5.14. The minimum absolute atomic E-state index is 0.429. The van der Waals surface area contributed by atoms with Crippen LogP contribution >= 0.6 is 23.2 Å². The van der Waals surface area contributed by atoms with E-state index in [4.69, 9.17) is 23.2 Å². The molecule has 19 heavy (non-hydrogen) atoms. The molecule has 1 fully saturated rings. The Morgan fingerprint density at radius 1 is 1.42 bits per heavy atom. The van der Waals surface area contributed by atoms with Crippen LogP contribution in [0.4, 0.5) is 5.82 Å². The van der Waals surface area contributed by atoms with Gasteiger partial charge in [0.2, 0.25) is 0 Å². The Kier molecular flexibility index (Phi) is 5.31. The number of pyridine rings is 1. The molecule has 1 atom stereocenters. The van der Waals surface area contributed by atoms with E-state index >= 15 is 0 Å². The average molecular weight is 302 g/mol. The summed E-state index contributed by atoms with van der Waals surface area (Å²) in [6.45, 7) is 5.49. The Morgan fingerprint density at radius 3 is 2.89 bits per heavy atom. The van der Waals surface area contributed by atoms with E-state index in [9.17, 15) is 0 Å². The molecule has 106 valence electrons. The summed E-state index contributed by atoms with van der Waals surface area (Å²) < 4.78 is 0. The summed E-state index contributed by atoms with van der Waals surface area (Å²) in [5, 5.41) is 0.652. The smallest absolute Gasteiger partial charge is 0.129 e. The number of nitrogens with zero attached hydrogens (tertiary/aromatic N) is 3. The molecule has 0 radical (unpaired) electrons. The van der Waals surface area contributed by atoms with Crippen LogP contribution in [0.1, 0.15) is 25.3 Å².